The average molecular weight is 370 g/mol. The second-order valence-electron chi connectivity index (χ2n) is 7.10. The SMILES string of the molecule is CC1CC1c1noc(N2C=NC3c4ccccc4N4CN(Cl)C=C4N32)n1. The van der Waals surface area contributed by atoms with E-state index in [1.807, 2.05) is 28.4 Å². The van der Waals surface area contributed by atoms with Gasteiger partial charge in [0.05, 0.1) is 11.9 Å². The molecule has 1 aliphatic carbocycles. The van der Waals surface area contributed by atoms with Gasteiger partial charge < -0.3 is 9.42 Å². The van der Waals surface area contributed by atoms with Gasteiger partial charge in [0.1, 0.15) is 18.8 Å². The Morgan fingerprint density at radius 2 is 2.12 bits per heavy atom. The Hall–Kier alpha value is -2.74. The summed E-state index contributed by atoms with van der Waals surface area (Å²) in [4.78, 5) is 11.5. The van der Waals surface area contributed by atoms with Crippen molar-refractivity contribution in [2.45, 2.75) is 25.4 Å². The Kier molecular flexibility index (Phi) is 2.73. The monoisotopic (exact) mass is 369 g/mol. The van der Waals surface area contributed by atoms with E-state index < -0.39 is 0 Å². The summed E-state index contributed by atoms with van der Waals surface area (Å²) in [5, 5.41) is 8.03. The molecule has 1 aromatic carbocycles. The first-order chi connectivity index (χ1) is 12.7. The predicted molar refractivity (Wildman–Crippen MR) is 95.9 cm³/mol. The fourth-order valence-electron chi connectivity index (χ4n) is 3.88. The number of hydrogen-bond acceptors (Lipinski definition) is 8. The zero-order valence-electron chi connectivity index (χ0n) is 14.0. The number of benzene rings is 1. The van der Waals surface area contributed by atoms with Crippen LogP contribution in [-0.4, -0.2) is 32.6 Å². The Balaban J connectivity index is 1.42. The van der Waals surface area contributed by atoms with Crippen molar-refractivity contribution >= 4 is 29.8 Å². The van der Waals surface area contributed by atoms with Gasteiger partial charge in [-0.1, -0.05) is 30.3 Å². The largest absolute Gasteiger partial charge is 0.348 e. The molecule has 0 spiro atoms. The molecule has 1 saturated carbocycles. The van der Waals surface area contributed by atoms with Crippen molar-refractivity contribution in [3.8, 4) is 0 Å². The highest BCUT2D eigenvalue weighted by Gasteiger charge is 2.45. The van der Waals surface area contributed by atoms with Gasteiger partial charge in [0.2, 0.25) is 0 Å². The molecule has 132 valence electrons. The van der Waals surface area contributed by atoms with Crippen LogP contribution in [0.15, 0.2) is 45.8 Å². The van der Waals surface area contributed by atoms with Crippen LogP contribution in [0.1, 0.15) is 36.8 Å². The normalized spacial score (nSPS) is 28.2. The maximum atomic E-state index is 6.29. The minimum atomic E-state index is -0.174. The molecule has 26 heavy (non-hydrogen) atoms. The van der Waals surface area contributed by atoms with Gasteiger partial charge >= 0.3 is 6.01 Å². The van der Waals surface area contributed by atoms with Crippen molar-refractivity contribution in [1.82, 2.24) is 19.6 Å². The van der Waals surface area contributed by atoms with Crippen LogP contribution in [0, 0.1) is 5.92 Å². The van der Waals surface area contributed by atoms with E-state index in [0.717, 1.165) is 29.3 Å². The number of nitrogens with zero attached hydrogens (tertiary/aromatic N) is 7. The molecular weight excluding hydrogens is 354 g/mol. The minimum absolute atomic E-state index is 0.174. The van der Waals surface area contributed by atoms with Crippen LogP contribution in [-0.2, 0) is 0 Å². The molecule has 1 fully saturated rings. The number of para-hydroxylation sites is 1. The number of aliphatic imine (C=N–C) groups is 1. The van der Waals surface area contributed by atoms with Gasteiger partial charge in [0, 0.05) is 23.3 Å². The molecule has 3 aliphatic heterocycles. The Labute approximate surface area is 155 Å². The van der Waals surface area contributed by atoms with Crippen LogP contribution in [0.5, 0.6) is 0 Å². The fourth-order valence-corrected chi connectivity index (χ4v) is 4.08. The van der Waals surface area contributed by atoms with Gasteiger partial charge in [0.15, 0.2) is 12.0 Å². The number of fused-ring (bicyclic) bond motifs is 6. The third-order valence-corrected chi connectivity index (χ3v) is 5.60. The van der Waals surface area contributed by atoms with Gasteiger partial charge in [-0.05, 0) is 18.4 Å². The molecule has 9 heteroatoms. The van der Waals surface area contributed by atoms with Crippen LogP contribution in [0.3, 0.4) is 0 Å². The Morgan fingerprint density at radius 1 is 1.27 bits per heavy atom. The van der Waals surface area contributed by atoms with Crippen molar-refractivity contribution in [3.05, 3.63) is 47.7 Å². The molecule has 4 aliphatic rings. The van der Waals surface area contributed by atoms with Gasteiger partial charge in [0.25, 0.3) is 0 Å². The molecule has 1 aromatic heterocycles. The molecule has 0 bridgehead atoms. The number of rotatable bonds is 2. The second-order valence-corrected chi connectivity index (χ2v) is 7.53. The number of halogens is 1. The van der Waals surface area contributed by atoms with Crippen LogP contribution in [0.25, 0.3) is 0 Å². The van der Waals surface area contributed by atoms with E-state index in [-0.39, 0.29) is 6.17 Å². The lowest BCUT2D eigenvalue weighted by Gasteiger charge is -2.41. The molecule has 4 heterocycles. The van der Waals surface area contributed by atoms with Crippen molar-refractivity contribution in [2.75, 3.05) is 16.6 Å². The molecule has 3 atom stereocenters. The van der Waals surface area contributed by atoms with Gasteiger partial charge in [-0.15, -0.1) is 0 Å². The van der Waals surface area contributed by atoms with E-state index in [1.165, 1.54) is 0 Å². The summed E-state index contributed by atoms with van der Waals surface area (Å²) < 4.78 is 7.19. The number of hydrazine groups is 1. The Bertz CT molecular complexity index is 956. The maximum absolute atomic E-state index is 6.29. The van der Waals surface area contributed by atoms with E-state index in [9.17, 15) is 0 Å². The molecule has 0 saturated heterocycles. The van der Waals surface area contributed by atoms with Crippen LogP contribution >= 0.6 is 11.8 Å². The summed E-state index contributed by atoms with van der Waals surface area (Å²) in [5.41, 5.74) is 2.23. The highest BCUT2D eigenvalue weighted by molar-refractivity contribution is 6.14. The third kappa shape index (κ3) is 1.87. The first-order valence-corrected chi connectivity index (χ1v) is 9.00. The summed E-state index contributed by atoms with van der Waals surface area (Å²) in [6.45, 7) is 2.77. The molecule has 3 unspecified atom stereocenters. The summed E-state index contributed by atoms with van der Waals surface area (Å²) >= 11 is 6.29. The molecule has 6 rings (SSSR count). The topological polar surface area (TPSA) is 64.2 Å². The van der Waals surface area contributed by atoms with Crippen molar-refractivity contribution < 1.29 is 4.52 Å². The van der Waals surface area contributed by atoms with Gasteiger partial charge in [-0.3, -0.25) is 4.42 Å². The first kappa shape index (κ1) is 14.4. The van der Waals surface area contributed by atoms with Crippen LogP contribution in [0.2, 0.25) is 0 Å². The zero-order valence-corrected chi connectivity index (χ0v) is 14.8. The summed E-state index contributed by atoms with van der Waals surface area (Å²) in [7, 11) is 0. The molecule has 8 nitrogen and oxygen atoms in total. The van der Waals surface area contributed by atoms with Gasteiger partial charge in [-0.2, -0.15) is 9.99 Å². The lowest BCUT2D eigenvalue weighted by molar-refractivity contribution is 0.261. The maximum Gasteiger partial charge on any atom is 0.348 e. The standard InChI is InChI=1S/C17H16ClN7O/c1-10-6-12(10)15-20-17(26-21-15)24-8-19-16-11-4-2-3-5-13(11)23-9-22(18)7-14(23)25(16)24/h2-5,7-8,10,12,16H,6,9H2,1H3. The summed E-state index contributed by atoms with van der Waals surface area (Å²) in [6.07, 6.45) is 4.59. The minimum Gasteiger partial charge on any atom is -0.313 e. The van der Waals surface area contributed by atoms with Crippen molar-refractivity contribution in [3.63, 3.8) is 0 Å². The second kappa shape index (κ2) is 4.91. The highest BCUT2D eigenvalue weighted by atomic mass is 35.5. The van der Waals surface area contributed by atoms with E-state index in [1.54, 1.807) is 10.8 Å². The number of aromatic nitrogens is 2. The number of hydrogen-bond donors (Lipinski definition) is 0. The van der Waals surface area contributed by atoms with Crippen molar-refractivity contribution in [1.29, 1.82) is 0 Å². The van der Waals surface area contributed by atoms with Crippen LogP contribution in [0.4, 0.5) is 11.7 Å². The average Bonchev–Trinajstić information content (AvgIpc) is 3.05. The molecule has 2 aromatic rings. The fraction of sp³-hybridized carbons (Fsp3) is 0.353. The zero-order chi connectivity index (χ0) is 17.4. The lowest BCUT2D eigenvalue weighted by Crippen LogP contribution is -2.46. The van der Waals surface area contributed by atoms with E-state index in [0.29, 0.717) is 24.5 Å². The molecule has 0 N–H and O–H groups in total. The Morgan fingerprint density at radius 3 is 2.96 bits per heavy atom. The summed E-state index contributed by atoms with van der Waals surface area (Å²) in [5.74, 6) is 2.74. The molecule has 0 radical (unpaired) electrons. The smallest absolute Gasteiger partial charge is 0.313 e. The number of anilines is 2. The van der Waals surface area contributed by atoms with E-state index in [4.69, 9.17) is 21.3 Å². The third-order valence-electron chi connectivity index (χ3n) is 5.40. The van der Waals surface area contributed by atoms with E-state index in [2.05, 4.69) is 34.1 Å². The molecule has 0 amide bonds. The highest BCUT2D eigenvalue weighted by Crippen LogP contribution is 2.48. The van der Waals surface area contributed by atoms with Crippen molar-refractivity contribution in [2.24, 2.45) is 10.9 Å². The summed E-state index contributed by atoms with van der Waals surface area (Å²) in [6, 6.07) is 8.66. The lowest BCUT2D eigenvalue weighted by atomic mass is 10.1. The predicted octanol–water partition coefficient (Wildman–Crippen LogP) is 3.00. The molecular formula is C17H16ClN7O. The quantitative estimate of drug-likeness (QED) is 0.754. The first-order valence-electron chi connectivity index (χ1n) is 8.66. The van der Waals surface area contributed by atoms with Crippen LogP contribution < -0.4 is 9.91 Å². The van der Waals surface area contributed by atoms with E-state index >= 15 is 0 Å². The van der Waals surface area contributed by atoms with Gasteiger partial charge in [-0.25, -0.2) is 10.0 Å².